The third kappa shape index (κ3) is 2.70. The number of aromatic nitrogens is 1. The molecule has 0 aliphatic carbocycles. The molecule has 142 valence electrons. The van der Waals surface area contributed by atoms with Crippen LogP contribution in [0.15, 0.2) is 48.5 Å². The van der Waals surface area contributed by atoms with Gasteiger partial charge in [-0.2, -0.15) is 0 Å². The normalized spacial score (nSPS) is 17.9. The Labute approximate surface area is 164 Å². The van der Waals surface area contributed by atoms with Crippen LogP contribution < -0.4 is 15.5 Å². The Morgan fingerprint density at radius 1 is 1.00 bits per heavy atom. The Kier molecular flexibility index (Phi) is 3.79. The summed E-state index contributed by atoms with van der Waals surface area (Å²) in [5.74, 6) is 1.07. The predicted molar refractivity (Wildman–Crippen MR) is 114 cm³/mol. The summed E-state index contributed by atoms with van der Waals surface area (Å²) in [4.78, 5) is 20.0. The molecule has 0 unspecified atom stereocenters. The molecule has 0 bridgehead atoms. The van der Waals surface area contributed by atoms with Gasteiger partial charge in [0.25, 0.3) is 0 Å². The van der Waals surface area contributed by atoms with E-state index in [2.05, 4.69) is 53.6 Å². The summed E-state index contributed by atoms with van der Waals surface area (Å²) in [6.45, 7) is 5.85. The van der Waals surface area contributed by atoms with Crippen molar-refractivity contribution in [2.75, 3.05) is 28.6 Å². The molecule has 28 heavy (non-hydrogen) atoms. The third-order valence-corrected chi connectivity index (χ3v) is 6.08. The van der Waals surface area contributed by atoms with Crippen molar-refractivity contribution in [3.05, 3.63) is 59.7 Å². The number of pyridine rings is 1. The highest BCUT2D eigenvalue weighted by atomic mass is 16.2. The maximum absolute atomic E-state index is 12.8. The second-order valence-electron chi connectivity index (χ2n) is 8.01. The lowest BCUT2D eigenvalue weighted by Gasteiger charge is -2.44. The molecular weight excluding hydrogens is 348 g/mol. The molecule has 5 nitrogen and oxygen atoms in total. The molecular formula is C23H24N4O. The topological polar surface area (TPSA) is 57.3 Å². The molecule has 5 rings (SSSR count). The first kappa shape index (κ1) is 17.0. The van der Waals surface area contributed by atoms with Crippen molar-refractivity contribution in [3.63, 3.8) is 0 Å². The van der Waals surface area contributed by atoms with Crippen molar-refractivity contribution in [2.24, 2.45) is 0 Å². The van der Waals surface area contributed by atoms with Crippen LogP contribution in [0.5, 0.6) is 0 Å². The summed E-state index contributed by atoms with van der Waals surface area (Å²) < 4.78 is 0. The van der Waals surface area contributed by atoms with Gasteiger partial charge in [-0.25, -0.2) is 4.98 Å². The van der Waals surface area contributed by atoms with Gasteiger partial charge in [0.15, 0.2) is 0 Å². The van der Waals surface area contributed by atoms with Crippen LogP contribution in [0.4, 0.5) is 17.2 Å². The number of aryl methyl sites for hydroxylation is 2. The number of nitrogens with one attached hydrogen (secondary N) is 2. The van der Waals surface area contributed by atoms with Crippen molar-refractivity contribution in [3.8, 4) is 0 Å². The van der Waals surface area contributed by atoms with E-state index in [1.807, 2.05) is 24.3 Å². The number of nitrogens with zero attached hydrogens (tertiary/aromatic N) is 2. The van der Waals surface area contributed by atoms with Crippen molar-refractivity contribution in [2.45, 2.75) is 32.2 Å². The van der Waals surface area contributed by atoms with E-state index in [0.717, 1.165) is 48.6 Å². The van der Waals surface area contributed by atoms with Crippen LogP contribution in [-0.4, -0.2) is 29.5 Å². The molecule has 1 saturated heterocycles. The number of hydrogen-bond acceptors (Lipinski definition) is 4. The monoisotopic (exact) mass is 372 g/mol. The standard InChI is InChI=1S/C23H24N4O/c1-15-7-8-18-17(13-15)16(2)14-21(24-18)27-11-9-23(10-12-27)22(28)25-19-5-3-4-6-20(19)26-23/h3-8,13-14,26H,9-12H2,1-2H3,(H,25,28). The van der Waals surface area contributed by atoms with Gasteiger partial charge in [-0.3, -0.25) is 4.79 Å². The Bertz CT molecular complexity index is 1080. The Morgan fingerprint density at radius 2 is 1.75 bits per heavy atom. The summed E-state index contributed by atoms with van der Waals surface area (Å²) in [6.07, 6.45) is 1.50. The zero-order valence-electron chi connectivity index (χ0n) is 16.2. The number of amides is 1. The number of piperidine rings is 1. The average molecular weight is 372 g/mol. The van der Waals surface area contributed by atoms with Crippen molar-refractivity contribution in [1.29, 1.82) is 0 Å². The summed E-state index contributed by atoms with van der Waals surface area (Å²) in [7, 11) is 0. The van der Waals surface area contributed by atoms with Gasteiger partial charge < -0.3 is 15.5 Å². The molecule has 3 aromatic rings. The lowest BCUT2D eigenvalue weighted by molar-refractivity contribution is -0.121. The predicted octanol–water partition coefficient (Wildman–Crippen LogP) is 4.25. The van der Waals surface area contributed by atoms with E-state index in [-0.39, 0.29) is 5.91 Å². The van der Waals surface area contributed by atoms with Crippen LogP contribution in [0.2, 0.25) is 0 Å². The molecule has 1 fully saturated rings. The number of anilines is 3. The van der Waals surface area contributed by atoms with E-state index in [9.17, 15) is 4.79 Å². The highest BCUT2D eigenvalue weighted by molar-refractivity contribution is 6.06. The van der Waals surface area contributed by atoms with Crippen LogP contribution in [-0.2, 0) is 4.79 Å². The van der Waals surface area contributed by atoms with Crippen molar-refractivity contribution < 1.29 is 4.79 Å². The molecule has 5 heteroatoms. The minimum Gasteiger partial charge on any atom is -0.369 e. The summed E-state index contributed by atoms with van der Waals surface area (Å²) >= 11 is 0. The number of fused-ring (bicyclic) bond motifs is 2. The Hall–Kier alpha value is -3.08. The van der Waals surface area contributed by atoms with Gasteiger partial charge in [0, 0.05) is 18.5 Å². The van der Waals surface area contributed by atoms with Crippen LogP contribution in [0.3, 0.4) is 0 Å². The molecule has 2 aliphatic heterocycles. The Balaban J connectivity index is 1.40. The van der Waals surface area contributed by atoms with Gasteiger partial charge >= 0.3 is 0 Å². The van der Waals surface area contributed by atoms with E-state index in [1.165, 1.54) is 16.5 Å². The summed E-state index contributed by atoms with van der Waals surface area (Å²) in [5, 5.41) is 7.81. The SMILES string of the molecule is Cc1ccc2nc(N3CCC4(CC3)Nc3ccccc3NC4=O)cc(C)c2c1. The van der Waals surface area contributed by atoms with Crippen molar-refractivity contribution in [1.82, 2.24) is 4.98 Å². The third-order valence-electron chi connectivity index (χ3n) is 6.08. The molecule has 1 spiro atoms. The van der Waals surface area contributed by atoms with Gasteiger partial charge in [0.1, 0.15) is 11.4 Å². The largest absolute Gasteiger partial charge is 0.369 e. The highest BCUT2D eigenvalue weighted by Crippen LogP contribution is 2.37. The van der Waals surface area contributed by atoms with E-state index >= 15 is 0 Å². The maximum atomic E-state index is 12.8. The van der Waals surface area contributed by atoms with Crippen LogP contribution in [0.1, 0.15) is 24.0 Å². The first-order chi connectivity index (χ1) is 13.5. The van der Waals surface area contributed by atoms with Crippen molar-refractivity contribution >= 4 is 34.0 Å². The lowest BCUT2D eigenvalue weighted by Crippen LogP contribution is -2.58. The zero-order chi connectivity index (χ0) is 19.3. The number of benzene rings is 2. The molecule has 0 radical (unpaired) electrons. The quantitative estimate of drug-likeness (QED) is 0.670. The minimum atomic E-state index is -0.534. The zero-order valence-corrected chi connectivity index (χ0v) is 16.2. The van der Waals surface area contributed by atoms with E-state index in [1.54, 1.807) is 0 Å². The van der Waals surface area contributed by atoms with Gasteiger partial charge in [0.2, 0.25) is 5.91 Å². The Morgan fingerprint density at radius 3 is 2.54 bits per heavy atom. The number of hydrogen-bond donors (Lipinski definition) is 2. The van der Waals surface area contributed by atoms with Gasteiger partial charge in [-0.15, -0.1) is 0 Å². The first-order valence-corrected chi connectivity index (χ1v) is 9.86. The van der Waals surface area contributed by atoms with Gasteiger partial charge in [-0.1, -0.05) is 23.8 Å². The molecule has 2 aliphatic rings. The molecule has 3 heterocycles. The van der Waals surface area contributed by atoms with Gasteiger partial charge in [0.05, 0.1) is 16.9 Å². The fraction of sp³-hybridized carbons (Fsp3) is 0.304. The fourth-order valence-electron chi connectivity index (χ4n) is 4.38. The molecule has 2 aromatic carbocycles. The molecule has 0 saturated carbocycles. The lowest BCUT2D eigenvalue weighted by atomic mass is 9.84. The average Bonchev–Trinajstić information content (AvgIpc) is 2.70. The number of carbonyl (C=O) groups is 1. The van der Waals surface area contributed by atoms with E-state index in [4.69, 9.17) is 4.98 Å². The smallest absolute Gasteiger partial charge is 0.250 e. The molecule has 0 atom stereocenters. The minimum absolute atomic E-state index is 0.0731. The highest BCUT2D eigenvalue weighted by Gasteiger charge is 2.44. The van der Waals surface area contributed by atoms with Gasteiger partial charge in [-0.05, 0) is 62.6 Å². The molecule has 1 amide bonds. The van der Waals surface area contributed by atoms with Crippen LogP contribution >= 0.6 is 0 Å². The second-order valence-corrected chi connectivity index (χ2v) is 8.01. The number of carbonyl (C=O) groups excluding carboxylic acids is 1. The van der Waals surface area contributed by atoms with Crippen LogP contribution in [0, 0.1) is 13.8 Å². The molecule has 1 aromatic heterocycles. The number of para-hydroxylation sites is 2. The summed E-state index contributed by atoms with van der Waals surface area (Å²) in [5.41, 5.74) is 4.86. The molecule has 2 N–H and O–H groups in total. The fourth-order valence-corrected chi connectivity index (χ4v) is 4.38. The first-order valence-electron chi connectivity index (χ1n) is 9.86. The maximum Gasteiger partial charge on any atom is 0.250 e. The van der Waals surface area contributed by atoms with E-state index < -0.39 is 5.54 Å². The number of rotatable bonds is 1. The van der Waals surface area contributed by atoms with Crippen LogP contribution in [0.25, 0.3) is 10.9 Å². The summed E-state index contributed by atoms with van der Waals surface area (Å²) in [6, 6.07) is 16.5. The second kappa shape index (κ2) is 6.23. The van der Waals surface area contributed by atoms with E-state index in [0.29, 0.717) is 0 Å².